The zero-order chi connectivity index (χ0) is 24.3. The van der Waals surface area contributed by atoms with Gasteiger partial charge in [-0.3, -0.25) is 9.48 Å². The average molecular weight is 468 g/mol. The summed E-state index contributed by atoms with van der Waals surface area (Å²) in [6.07, 6.45) is -8.74. The van der Waals surface area contributed by atoms with Crippen LogP contribution in [0.15, 0.2) is 34.9 Å². The molecule has 0 fully saturated rings. The third kappa shape index (κ3) is 3.69. The standard InChI is InChI=1S/C20H10F6N4O3/c1-30-7-10(17(29-30)20(24,25)26)14-15(13-5-12(31)16(14)33-13)18(32)28-11-4-9(19(21,22)23)3-2-8(11)6-27/h2-5,7,31H,1H3,(H,28,32). The highest BCUT2D eigenvalue weighted by Gasteiger charge is 2.40. The molecule has 2 bridgehead atoms. The lowest BCUT2D eigenvalue weighted by Gasteiger charge is -2.12. The van der Waals surface area contributed by atoms with E-state index in [2.05, 4.69) is 10.4 Å². The van der Waals surface area contributed by atoms with Gasteiger partial charge in [0.2, 0.25) is 0 Å². The minimum absolute atomic E-state index is 0.308. The van der Waals surface area contributed by atoms with E-state index in [0.29, 0.717) is 12.1 Å². The van der Waals surface area contributed by atoms with Crippen molar-refractivity contribution in [2.24, 2.45) is 7.05 Å². The Kier molecular flexibility index (Phi) is 4.77. The van der Waals surface area contributed by atoms with E-state index in [1.165, 1.54) is 7.05 Å². The fraction of sp³-hybridized carbons (Fsp3) is 0.150. The molecule has 3 heterocycles. The summed E-state index contributed by atoms with van der Waals surface area (Å²) in [5, 5.41) is 24.7. The molecule has 0 aliphatic heterocycles. The Hall–Kier alpha value is -4.21. The summed E-state index contributed by atoms with van der Waals surface area (Å²) in [5.74, 6) is -1.68. The average Bonchev–Trinajstić information content (AvgIpc) is 3.38. The Morgan fingerprint density at radius 1 is 1.18 bits per heavy atom. The first-order chi connectivity index (χ1) is 15.3. The van der Waals surface area contributed by atoms with Gasteiger partial charge in [0.15, 0.2) is 17.0 Å². The molecule has 2 N–H and O–H groups in total. The summed E-state index contributed by atoms with van der Waals surface area (Å²) in [5.41, 5.74) is -5.56. The maximum Gasteiger partial charge on any atom is 0.435 e. The molecule has 0 saturated carbocycles. The number of amides is 1. The Balaban J connectivity index is 1.86. The molecule has 1 amide bonds. The number of carbonyl (C=O) groups excluding carboxylic acids is 1. The van der Waals surface area contributed by atoms with Crippen molar-refractivity contribution in [3.63, 3.8) is 0 Å². The number of hydrogen-bond acceptors (Lipinski definition) is 5. The second-order valence-electron chi connectivity index (χ2n) is 6.96. The molecule has 7 nitrogen and oxygen atoms in total. The van der Waals surface area contributed by atoms with Crippen LogP contribution in [-0.2, 0) is 19.4 Å². The van der Waals surface area contributed by atoms with Gasteiger partial charge >= 0.3 is 12.4 Å². The van der Waals surface area contributed by atoms with Gasteiger partial charge in [-0.1, -0.05) is 0 Å². The molecule has 0 unspecified atom stereocenters. The van der Waals surface area contributed by atoms with Gasteiger partial charge in [-0.25, -0.2) is 0 Å². The molecule has 170 valence electrons. The summed E-state index contributed by atoms with van der Waals surface area (Å²) >= 11 is 0. The van der Waals surface area contributed by atoms with E-state index in [-0.39, 0.29) is 11.1 Å². The fourth-order valence-corrected chi connectivity index (χ4v) is 3.39. The number of furan rings is 2. The number of fused-ring (bicyclic) bond motifs is 2. The number of phenols is 1. The molecule has 0 radical (unpaired) electrons. The van der Waals surface area contributed by atoms with E-state index in [1.54, 1.807) is 6.07 Å². The quantitative estimate of drug-likeness (QED) is 0.406. The van der Waals surface area contributed by atoms with Crippen LogP contribution < -0.4 is 5.32 Å². The number of anilines is 1. The molecular weight excluding hydrogens is 458 g/mol. The van der Waals surface area contributed by atoms with Crippen molar-refractivity contribution in [1.82, 2.24) is 9.78 Å². The SMILES string of the molecule is Cn1cc(-c2c(C(=O)Nc3cc(C(F)(F)F)ccc3C#N)c3cc(O)c2o3)c(C(F)(F)F)n1. The number of halogens is 6. The number of nitrogens with one attached hydrogen (secondary N) is 1. The zero-order valence-electron chi connectivity index (χ0n) is 16.3. The number of hydrogen-bond donors (Lipinski definition) is 2. The first-order valence-corrected chi connectivity index (χ1v) is 8.93. The van der Waals surface area contributed by atoms with Crippen LogP contribution in [0.4, 0.5) is 32.0 Å². The van der Waals surface area contributed by atoms with Crippen molar-refractivity contribution in [1.29, 1.82) is 5.26 Å². The maximum atomic E-state index is 13.5. The second kappa shape index (κ2) is 7.16. The van der Waals surface area contributed by atoms with E-state index in [1.807, 2.05) is 0 Å². The Labute approximate surface area is 179 Å². The van der Waals surface area contributed by atoms with Crippen molar-refractivity contribution in [3.8, 4) is 22.9 Å². The van der Waals surface area contributed by atoms with Gasteiger partial charge < -0.3 is 14.8 Å². The third-order valence-corrected chi connectivity index (χ3v) is 4.75. The number of aryl methyl sites for hydroxylation is 1. The van der Waals surface area contributed by atoms with Crippen LogP contribution in [0.5, 0.6) is 5.75 Å². The number of phenolic OH excluding ortho intramolecular Hbond substituents is 1. The molecule has 0 spiro atoms. The summed E-state index contributed by atoms with van der Waals surface area (Å²) in [7, 11) is 1.21. The van der Waals surface area contributed by atoms with Gasteiger partial charge in [-0.15, -0.1) is 0 Å². The first-order valence-electron chi connectivity index (χ1n) is 8.93. The monoisotopic (exact) mass is 468 g/mol. The van der Waals surface area contributed by atoms with Crippen LogP contribution in [0.25, 0.3) is 22.3 Å². The van der Waals surface area contributed by atoms with Crippen molar-refractivity contribution < 1.29 is 40.7 Å². The van der Waals surface area contributed by atoms with E-state index in [0.717, 1.165) is 23.0 Å². The first kappa shape index (κ1) is 22.0. The number of benzene rings is 2. The second-order valence-corrected chi connectivity index (χ2v) is 6.96. The highest BCUT2D eigenvalue weighted by molar-refractivity contribution is 6.18. The third-order valence-electron chi connectivity index (χ3n) is 4.75. The molecule has 3 aromatic heterocycles. The van der Waals surface area contributed by atoms with Crippen molar-refractivity contribution in [2.75, 3.05) is 5.32 Å². The van der Waals surface area contributed by atoms with Crippen molar-refractivity contribution in [3.05, 3.63) is 52.8 Å². The number of rotatable bonds is 3. The summed E-state index contributed by atoms with van der Waals surface area (Å²) in [6, 6.07) is 4.64. The molecule has 13 heteroatoms. The number of aromatic nitrogens is 2. The minimum atomic E-state index is -4.92. The van der Waals surface area contributed by atoms with E-state index in [9.17, 15) is 41.5 Å². The van der Waals surface area contributed by atoms with E-state index >= 15 is 0 Å². The molecule has 33 heavy (non-hydrogen) atoms. The number of carbonyl (C=O) groups is 1. The molecule has 0 aliphatic carbocycles. The highest BCUT2D eigenvalue weighted by atomic mass is 19.4. The predicted octanol–water partition coefficient (Wildman–Crippen LogP) is 5.14. The van der Waals surface area contributed by atoms with Crippen LogP contribution >= 0.6 is 0 Å². The Morgan fingerprint density at radius 2 is 1.88 bits per heavy atom. The molecule has 1 aromatic carbocycles. The topological polar surface area (TPSA) is 104 Å². The zero-order valence-corrected chi connectivity index (χ0v) is 16.3. The lowest BCUT2D eigenvalue weighted by Crippen LogP contribution is -2.16. The Morgan fingerprint density at radius 3 is 2.48 bits per heavy atom. The number of aromatic hydroxyl groups is 1. The number of nitriles is 1. The van der Waals surface area contributed by atoms with Crippen LogP contribution in [0.3, 0.4) is 0 Å². The largest absolute Gasteiger partial charge is 0.504 e. The van der Waals surface area contributed by atoms with Gasteiger partial charge in [-0.05, 0) is 18.2 Å². The smallest absolute Gasteiger partial charge is 0.435 e. The number of nitrogens with zero attached hydrogens (tertiary/aromatic N) is 3. The van der Waals surface area contributed by atoms with Crippen LogP contribution in [-0.4, -0.2) is 20.8 Å². The lowest BCUT2D eigenvalue weighted by atomic mass is 9.98. The molecule has 4 rings (SSSR count). The minimum Gasteiger partial charge on any atom is -0.504 e. The Bertz CT molecular complexity index is 1420. The van der Waals surface area contributed by atoms with Crippen molar-refractivity contribution in [2.45, 2.75) is 12.4 Å². The fourth-order valence-electron chi connectivity index (χ4n) is 3.39. The van der Waals surface area contributed by atoms with Crippen LogP contribution in [0.2, 0.25) is 0 Å². The van der Waals surface area contributed by atoms with E-state index < -0.39 is 63.2 Å². The van der Waals surface area contributed by atoms with Gasteiger partial charge in [-0.2, -0.15) is 36.7 Å². The molecular formula is C20H10F6N4O3. The predicted molar refractivity (Wildman–Crippen MR) is 100 cm³/mol. The van der Waals surface area contributed by atoms with Crippen LogP contribution in [0, 0.1) is 11.3 Å². The summed E-state index contributed by atoms with van der Waals surface area (Å²) in [6.45, 7) is 0. The molecule has 0 atom stereocenters. The summed E-state index contributed by atoms with van der Waals surface area (Å²) in [4.78, 5) is 13.0. The van der Waals surface area contributed by atoms with Gasteiger partial charge in [0, 0.05) is 30.4 Å². The number of alkyl halides is 6. The molecule has 0 saturated heterocycles. The van der Waals surface area contributed by atoms with Crippen molar-refractivity contribution >= 4 is 22.8 Å². The maximum absolute atomic E-state index is 13.5. The normalized spacial score (nSPS) is 12.3. The van der Waals surface area contributed by atoms with Gasteiger partial charge in [0.1, 0.15) is 11.7 Å². The summed E-state index contributed by atoms with van der Waals surface area (Å²) < 4.78 is 85.8. The van der Waals surface area contributed by atoms with Crippen LogP contribution in [0.1, 0.15) is 27.2 Å². The van der Waals surface area contributed by atoms with Gasteiger partial charge in [0.05, 0.1) is 22.4 Å². The van der Waals surface area contributed by atoms with E-state index in [4.69, 9.17) is 4.42 Å². The molecule has 0 aliphatic rings. The highest BCUT2D eigenvalue weighted by Crippen LogP contribution is 2.46. The lowest BCUT2D eigenvalue weighted by molar-refractivity contribution is -0.141. The van der Waals surface area contributed by atoms with Gasteiger partial charge in [0.25, 0.3) is 5.91 Å². The molecule has 4 aromatic rings.